The van der Waals surface area contributed by atoms with Gasteiger partial charge in [0.05, 0.1) is 12.7 Å². The number of hydrogen-bond acceptors (Lipinski definition) is 4. The Morgan fingerprint density at radius 3 is 2.54 bits per heavy atom. The molecule has 0 radical (unpaired) electrons. The maximum Gasteiger partial charge on any atom is 0.163 e. The van der Waals surface area contributed by atoms with E-state index in [0.29, 0.717) is 6.61 Å². The lowest BCUT2D eigenvalue weighted by molar-refractivity contribution is -0.156. The lowest BCUT2D eigenvalue weighted by Gasteiger charge is -2.23. The summed E-state index contributed by atoms with van der Waals surface area (Å²) < 4.78 is 10.8. The van der Waals surface area contributed by atoms with Crippen LogP contribution in [0.4, 0.5) is 0 Å². The molecule has 0 amide bonds. The van der Waals surface area contributed by atoms with E-state index in [1.807, 2.05) is 13.8 Å². The van der Waals surface area contributed by atoms with Gasteiger partial charge in [0.2, 0.25) is 0 Å². The Balaban J connectivity index is 2.46. The zero-order valence-electron chi connectivity index (χ0n) is 8.36. The van der Waals surface area contributed by atoms with E-state index in [1.165, 1.54) is 0 Å². The summed E-state index contributed by atoms with van der Waals surface area (Å²) in [5, 5.41) is 18.5. The highest BCUT2D eigenvalue weighted by Gasteiger charge is 2.38. The van der Waals surface area contributed by atoms with Gasteiger partial charge in [-0.1, -0.05) is 6.92 Å². The van der Waals surface area contributed by atoms with Crippen molar-refractivity contribution in [2.24, 2.45) is 5.92 Å². The van der Waals surface area contributed by atoms with Gasteiger partial charge in [0, 0.05) is 12.5 Å². The molecule has 0 spiro atoms. The number of aliphatic hydroxyl groups is 2. The molecule has 78 valence electrons. The molecule has 1 saturated heterocycles. The van der Waals surface area contributed by atoms with Gasteiger partial charge in [-0.2, -0.15) is 0 Å². The number of rotatable bonds is 3. The van der Waals surface area contributed by atoms with E-state index in [-0.39, 0.29) is 18.6 Å². The van der Waals surface area contributed by atoms with E-state index in [4.69, 9.17) is 14.6 Å². The SMILES string of the molecule is C[C@H](CO)[C@@H](O)[C@H]1COC(C)(C)O1. The maximum atomic E-state index is 9.68. The van der Waals surface area contributed by atoms with Crippen molar-refractivity contribution in [1.82, 2.24) is 0 Å². The molecule has 0 aromatic carbocycles. The predicted octanol–water partition coefficient (Wildman–Crippen LogP) is 0.127. The van der Waals surface area contributed by atoms with Crippen LogP contribution in [-0.4, -0.2) is 41.4 Å². The minimum absolute atomic E-state index is 0.0402. The van der Waals surface area contributed by atoms with Crippen molar-refractivity contribution < 1.29 is 19.7 Å². The van der Waals surface area contributed by atoms with Crippen LogP contribution < -0.4 is 0 Å². The monoisotopic (exact) mass is 190 g/mol. The lowest BCUT2D eigenvalue weighted by Crippen LogP contribution is -2.36. The van der Waals surface area contributed by atoms with Crippen molar-refractivity contribution in [1.29, 1.82) is 0 Å². The van der Waals surface area contributed by atoms with E-state index in [9.17, 15) is 5.11 Å². The van der Waals surface area contributed by atoms with Crippen molar-refractivity contribution >= 4 is 0 Å². The molecule has 4 nitrogen and oxygen atoms in total. The highest BCUT2D eigenvalue weighted by atomic mass is 16.7. The van der Waals surface area contributed by atoms with Crippen LogP contribution in [0.15, 0.2) is 0 Å². The third-order valence-corrected chi connectivity index (χ3v) is 2.28. The van der Waals surface area contributed by atoms with Crippen LogP contribution in [0.2, 0.25) is 0 Å². The van der Waals surface area contributed by atoms with Crippen LogP contribution in [-0.2, 0) is 9.47 Å². The summed E-state index contributed by atoms with van der Waals surface area (Å²) in [6, 6.07) is 0. The molecule has 4 heteroatoms. The van der Waals surface area contributed by atoms with E-state index in [2.05, 4.69) is 0 Å². The second-order valence-corrected chi connectivity index (χ2v) is 4.02. The van der Waals surface area contributed by atoms with Crippen LogP contribution >= 0.6 is 0 Å². The molecule has 0 unspecified atom stereocenters. The molecular formula is C9H18O4. The van der Waals surface area contributed by atoms with Crippen LogP contribution in [0.25, 0.3) is 0 Å². The Morgan fingerprint density at radius 2 is 2.15 bits per heavy atom. The summed E-state index contributed by atoms with van der Waals surface area (Å²) in [6.07, 6.45) is -0.982. The summed E-state index contributed by atoms with van der Waals surface area (Å²) in [5.74, 6) is -0.789. The van der Waals surface area contributed by atoms with Gasteiger partial charge >= 0.3 is 0 Å². The summed E-state index contributed by atoms with van der Waals surface area (Å²) in [6.45, 7) is 5.74. The van der Waals surface area contributed by atoms with Gasteiger partial charge in [0.1, 0.15) is 6.10 Å². The van der Waals surface area contributed by atoms with Crippen molar-refractivity contribution in [2.75, 3.05) is 13.2 Å². The van der Waals surface area contributed by atoms with Crippen LogP contribution in [0.3, 0.4) is 0 Å². The third kappa shape index (κ3) is 2.64. The molecule has 3 atom stereocenters. The first-order valence-electron chi connectivity index (χ1n) is 4.57. The van der Waals surface area contributed by atoms with Gasteiger partial charge in [-0.3, -0.25) is 0 Å². The average Bonchev–Trinajstić information content (AvgIpc) is 2.43. The first-order chi connectivity index (χ1) is 5.96. The maximum absolute atomic E-state index is 9.68. The Labute approximate surface area is 78.5 Å². The van der Waals surface area contributed by atoms with Gasteiger partial charge in [-0.25, -0.2) is 0 Å². The molecule has 1 rings (SSSR count). The smallest absolute Gasteiger partial charge is 0.163 e. The van der Waals surface area contributed by atoms with Crippen molar-refractivity contribution in [3.63, 3.8) is 0 Å². The second-order valence-electron chi connectivity index (χ2n) is 4.02. The third-order valence-electron chi connectivity index (χ3n) is 2.28. The van der Waals surface area contributed by atoms with E-state index in [0.717, 1.165) is 0 Å². The van der Waals surface area contributed by atoms with Gasteiger partial charge in [0.25, 0.3) is 0 Å². The van der Waals surface area contributed by atoms with Crippen LogP contribution in [0, 0.1) is 5.92 Å². The average molecular weight is 190 g/mol. The Kier molecular flexibility index (Phi) is 3.29. The van der Waals surface area contributed by atoms with Crippen LogP contribution in [0.5, 0.6) is 0 Å². The first kappa shape index (κ1) is 10.9. The molecular weight excluding hydrogens is 172 g/mol. The van der Waals surface area contributed by atoms with Crippen molar-refractivity contribution in [3.8, 4) is 0 Å². The molecule has 1 fully saturated rings. The Bertz CT molecular complexity index is 169. The molecule has 1 aliphatic heterocycles. The van der Waals surface area contributed by atoms with E-state index < -0.39 is 11.9 Å². The van der Waals surface area contributed by atoms with Gasteiger partial charge in [0.15, 0.2) is 5.79 Å². The second kappa shape index (κ2) is 3.92. The van der Waals surface area contributed by atoms with Crippen LogP contribution in [0.1, 0.15) is 20.8 Å². The minimum atomic E-state index is -0.660. The molecule has 13 heavy (non-hydrogen) atoms. The zero-order valence-corrected chi connectivity index (χ0v) is 8.36. The molecule has 2 N–H and O–H groups in total. The molecule has 1 heterocycles. The molecule has 1 aliphatic rings. The highest BCUT2D eigenvalue weighted by molar-refractivity contribution is 4.80. The fraction of sp³-hybridized carbons (Fsp3) is 1.00. The molecule has 0 aromatic heterocycles. The highest BCUT2D eigenvalue weighted by Crippen LogP contribution is 2.26. The quantitative estimate of drug-likeness (QED) is 0.664. The molecule has 0 aromatic rings. The topological polar surface area (TPSA) is 58.9 Å². The molecule has 0 aliphatic carbocycles. The summed E-state index contributed by atoms with van der Waals surface area (Å²) in [5.41, 5.74) is 0. The fourth-order valence-electron chi connectivity index (χ4n) is 1.36. The Hall–Kier alpha value is -0.160. The largest absolute Gasteiger partial charge is 0.396 e. The summed E-state index contributed by atoms with van der Waals surface area (Å²) in [7, 11) is 0. The van der Waals surface area contributed by atoms with Crippen molar-refractivity contribution in [3.05, 3.63) is 0 Å². The van der Waals surface area contributed by atoms with Gasteiger partial charge < -0.3 is 19.7 Å². The van der Waals surface area contributed by atoms with Crippen molar-refractivity contribution in [2.45, 2.75) is 38.8 Å². The normalized spacial score (nSPS) is 31.6. The van der Waals surface area contributed by atoms with Gasteiger partial charge in [-0.05, 0) is 13.8 Å². The zero-order chi connectivity index (χ0) is 10.1. The van der Waals surface area contributed by atoms with Gasteiger partial charge in [-0.15, -0.1) is 0 Å². The molecule has 0 saturated carbocycles. The number of ether oxygens (including phenoxy) is 2. The minimum Gasteiger partial charge on any atom is -0.396 e. The number of aliphatic hydroxyl groups excluding tert-OH is 2. The van der Waals surface area contributed by atoms with E-state index in [1.54, 1.807) is 6.92 Å². The predicted molar refractivity (Wildman–Crippen MR) is 47.2 cm³/mol. The fourth-order valence-corrected chi connectivity index (χ4v) is 1.36. The summed E-state index contributed by atoms with van der Waals surface area (Å²) in [4.78, 5) is 0. The molecule has 0 bridgehead atoms. The lowest BCUT2D eigenvalue weighted by atomic mass is 10.0. The summed E-state index contributed by atoms with van der Waals surface area (Å²) >= 11 is 0. The first-order valence-corrected chi connectivity index (χ1v) is 4.57. The number of hydrogen-bond donors (Lipinski definition) is 2. The van der Waals surface area contributed by atoms with E-state index >= 15 is 0 Å². The standard InChI is InChI=1S/C9H18O4/c1-6(4-10)8(11)7-5-12-9(2,3)13-7/h6-8,10-11H,4-5H2,1-3H3/t6-,7-,8-/m1/s1. The Morgan fingerprint density at radius 1 is 1.54 bits per heavy atom.